The Morgan fingerprint density at radius 1 is 0.952 bits per heavy atom. The van der Waals surface area contributed by atoms with Crippen LogP contribution < -0.4 is 0 Å². The van der Waals surface area contributed by atoms with Gasteiger partial charge in [0.05, 0.1) is 13.2 Å². The molecule has 0 aliphatic carbocycles. The summed E-state index contributed by atoms with van der Waals surface area (Å²) in [5.41, 5.74) is 1.35. The van der Waals surface area contributed by atoms with Crippen LogP contribution in [0.15, 0.2) is 30.3 Å². The monoisotopic (exact) mass is 286 g/mol. The highest BCUT2D eigenvalue weighted by Gasteiger charge is 2.35. The van der Waals surface area contributed by atoms with Crippen LogP contribution in [0.2, 0.25) is 0 Å². The van der Waals surface area contributed by atoms with E-state index in [9.17, 15) is 0 Å². The molecule has 0 radical (unpaired) electrons. The van der Waals surface area contributed by atoms with Gasteiger partial charge < -0.3 is 9.47 Å². The Kier molecular flexibility index (Phi) is 6.79. The van der Waals surface area contributed by atoms with E-state index < -0.39 is 0 Å². The SMILES string of the molecule is C#CCCCCCCC1(CCc2ccccc2)OCCO1. The van der Waals surface area contributed by atoms with E-state index in [-0.39, 0.29) is 5.79 Å². The van der Waals surface area contributed by atoms with Crippen LogP contribution in [-0.2, 0) is 15.9 Å². The summed E-state index contributed by atoms with van der Waals surface area (Å²) in [4.78, 5) is 0. The number of terminal acetylenes is 1. The van der Waals surface area contributed by atoms with Crippen LogP contribution in [0.3, 0.4) is 0 Å². The van der Waals surface area contributed by atoms with Gasteiger partial charge in [0.15, 0.2) is 5.79 Å². The molecule has 0 aromatic heterocycles. The highest BCUT2D eigenvalue weighted by atomic mass is 16.7. The first kappa shape index (κ1) is 16.1. The zero-order chi connectivity index (χ0) is 14.8. The Morgan fingerprint density at radius 2 is 1.67 bits per heavy atom. The number of rotatable bonds is 9. The zero-order valence-corrected chi connectivity index (χ0v) is 12.9. The van der Waals surface area contributed by atoms with Gasteiger partial charge in [-0.2, -0.15) is 0 Å². The Morgan fingerprint density at radius 3 is 2.38 bits per heavy atom. The number of unbranched alkanes of at least 4 members (excludes halogenated alkanes) is 4. The van der Waals surface area contributed by atoms with Crippen molar-refractivity contribution >= 4 is 0 Å². The first-order chi connectivity index (χ1) is 10.3. The van der Waals surface area contributed by atoms with Crippen LogP contribution in [0.4, 0.5) is 0 Å². The maximum absolute atomic E-state index is 5.94. The fourth-order valence-corrected chi connectivity index (χ4v) is 2.87. The Labute approximate surface area is 128 Å². The fraction of sp³-hybridized carbons (Fsp3) is 0.579. The summed E-state index contributed by atoms with van der Waals surface area (Å²) in [7, 11) is 0. The molecule has 114 valence electrons. The lowest BCUT2D eigenvalue weighted by atomic mass is 9.98. The first-order valence-corrected chi connectivity index (χ1v) is 8.10. The molecule has 2 rings (SSSR count). The summed E-state index contributed by atoms with van der Waals surface area (Å²) >= 11 is 0. The van der Waals surface area contributed by atoms with E-state index in [0.717, 1.165) is 51.7 Å². The third kappa shape index (κ3) is 5.53. The van der Waals surface area contributed by atoms with E-state index in [1.807, 2.05) is 0 Å². The Bertz CT molecular complexity index is 427. The molecule has 0 N–H and O–H groups in total. The second-order valence-electron chi connectivity index (χ2n) is 5.71. The molecular weight excluding hydrogens is 260 g/mol. The minimum atomic E-state index is -0.345. The highest BCUT2D eigenvalue weighted by Crippen LogP contribution is 2.31. The molecule has 0 spiro atoms. The molecule has 1 aromatic carbocycles. The molecule has 1 aliphatic heterocycles. The maximum Gasteiger partial charge on any atom is 0.168 e. The minimum Gasteiger partial charge on any atom is -0.348 e. The summed E-state index contributed by atoms with van der Waals surface area (Å²) < 4.78 is 11.9. The average Bonchev–Trinajstić information content (AvgIpc) is 2.99. The molecule has 0 unspecified atom stereocenters. The van der Waals surface area contributed by atoms with Gasteiger partial charge in [-0.05, 0) is 24.8 Å². The Hall–Kier alpha value is -1.30. The zero-order valence-electron chi connectivity index (χ0n) is 12.9. The second kappa shape index (κ2) is 8.87. The second-order valence-corrected chi connectivity index (χ2v) is 5.71. The van der Waals surface area contributed by atoms with Gasteiger partial charge in [-0.1, -0.05) is 43.2 Å². The number of hydrogen-bond donors (Lipinski definition) is 0. The van der Waals surface area contributed by atoms with Crippen molar-refractivity contribution in [3.05, 3.63) is 35.9 Å². The normalized spacial score (nSPS) is 16.7. The standard InChI is InChI=1S/C19H26O2/c1-2-3-4-5-6-10-14-19(20-16-17-21-19)15-13-18-11-8-7-9-12-18/h1,7-9,11-12H,3-6,10,13-17H2. The largest absolute Gasteiger partial charge is 0.348 e. The Balaban J connectivity index is 1.73. The summed E-state index contributed by atoms with van der Waals surface area (Å²) in [6.07, 6.45) is 13.8. The van der Waals surface area contributed by atoms with Crippen molar-refractivity contribution in [3.63, 3.8) is 0 Å². The van der Waals surface area contributed by atoms with Gasteiger partial charge in [0, 0.05) is 19.3 Å². The lowest BCUT2D eigenvalue weighted by Gasteiger charge is -2.27. The smallest absolute Gasteiger partial charge is 0.168 e. The van der Waals surface area contributed by atoms with E-state index in [2.05, 4.69) is 36.3 Å². The molecule has 2 heteroatoms. The number of hydrogen-bond acceptors (Lipinski definition) is 2. The van der Waals surface area contributed by atoms with Gasteiger partial charge in [-0.15, -0.1) is 12.3 Å². The van der Waals surface area contributed by atoms with Gasteiger partial charge in [0.25, 0.3) is 0 Å². The van der Waals surface area contributed by atoms with Crippen LogP contribution in [0.1, 0.15) is 50.5 Å². The molecular formula is C19H26O2. The van der Waals surface area contributed by atoms with Crippen LogP contribution in [0.25, 0.3) is 0 Å². The third-order valence-electron chi connectivity index (χ3n) is 4.08. The van der Waals surface area contributed by atoms with Gasteiger partial charge in [-0.3, -0.25) is 0 Å². The lowest BCUT2D eigenvalue weighted by Crippen LogP contribution is -2.30. The van der Waals surface area contributed by atoms with E-state index in [1.165, 1.54) is 18.4 Å². The lowest BCUT2D eigenvalue weighted by molar-refractivity contribution is -0.167. The quantitative estimate of drug-likeness (QED) is 0.497. The number of benzene rings is 1. The van der Waals surface area contributed by atoms with Crippen LogP contribution >= 0.6 is 0 Å². The minimum absolute atomic E-state index is 0.345. The van der Waals surface area contributed by atoms with Crippen molar-refractivity contribution < 1.29 is 9.47 Å². The molecule has 0 bridgehead atoms. The van der Waals surface area contributed by atoms with Gasteiger partial charge in [-0.25, -0.2) is 0 Å². The van der Waals surface area contributed by atoms with Gasteiger partial charge >= 0.3 is 0 Å². The molecule has 1 heterocycles. The van der Waals surface area contributed by atoms with Crippen molar-refractivity contribution in [2.75, 3.05) is 13.2 Å². The van der Waals surface area contributed by atoms with Crippen LogP contribution in [0.5, 0.6) is 0 Å². The number of ether oxygens (including phenoxy) is 2. The van der Waals surface area contributed by atoms with Crippen molar-refractivity contribution in [3.8, 4) is 12.3 Å². The summed E-state index contributed by atoms with van der Waals surface area (Å²) in [5, 5.41) is 0. The summed E-state index contributed by atoms with van der Waals surface area (Å²) in [6, 6.07) is 10.6. The van der Waals surface area contributed by atoms with Crippen LogP contribution in [-0.4, -0.2) is 19.0 Å². The highest BCUT2D eigenvalue weighted by molar-refractivity contribution is 5.14. The fourth-order valence-electron chi connectivity index (χ4n) is 2.87. The van der Waals surface area contributed by atoms with Crippen molar-refractivity contribution in [2.24, 2.45) is 0 Å². The predicted molar refractivity (Wildman–Crippen MR) is 85.9 cm³/mol. The van der Waals surface area contributed by atoms with Crippen LogP contribution in [0, 0.1) is 12.3 Å². The maximum atomic E-state index is 5.94. The van der Waals surface area contributed by atoms with Crippen molar-refractivity contribution in [1.29, 1.82) is 0 Å². The van der Waals surface area contributed by atoms with E-state index in [0.29, 0.717) is 0 Å². The molecule has 2 nitrogen and oxygen atoms in total. The first-order valence-electron chi connectivity index (χ1n) is 8.10. The van der Waals surface area contributed by atoms with Gasteiger partial charge in [0.2, 0.25) is 0 Å². The molecule has 1 fully saturated rings. The van der Waals surface area contributed by atoms with E-state index in [1.54, 1.807) is 0 Å². The molecule has 1 aliphatic rings. The molecule has 21 heavy (non-hydrogen) atoms. The van der Waals surface area contributed by atoms with E-state index in [4.69, 9.17) is 15.9 Å². The predicted octanol–water partition coefficient (Wildman–Crippen LogP) is 4.34. The van der Waals surface area contributed by atoms with Crippen molar-refractivity contribution in [2.45, 2.75) is 57.2 Å². The average molecular weight is 286 g/mol. The summed E-state index contributed by atoms with van der Waals surface area (Å²) in [6.45, 7) is 1.46. The number of aryl methyl sites for hydroxylation is 1. The molecule has 0 atom stereocenters. The van der Waals surface area contributed by atoms with Crippen molar-refractivity contribution in [1.82, 2.24) is 0 Å². The molecule has 0 saturated carbocycles. The summed E-state index contributed by atoms with van der Waals surface area (Å²) in [5.74, 6) is 2.35. The molecule has 1 saturated heterocycles. The molecule has 0 amide bonds. The third-order valence-corrected chi connectivity index (χ3v) is 4.08. The van der Waals surface area contributed by atoms with E-state index >= 15 is 0 Å². The molecule has 1 aromatic rings. The van der Waals surface area contributed by atoms with Gasteiger partial charge in [0.1, 0.15) is 0 Å². The topological polar surface area (TPSA) is 18.5 Å².